The molecule has 5 amide bonds. The first kappa shape index (κ1) is 21.3. The topological polar surface area (TPSA) is 99.3 Å². The summed E-state index contributed by atoms with van der Waals surface area (Å²) < 4.78 is 14.1. The molecule has 0 bridgehead atoms. The van der Waals surface area contributed by atoms with E-state index in [2.05, 4.69) is 21.3 Å². The number of rotatable bonds is 5. The Kier molecular flexibility index (Phi) is 5.52. The smallest absolute Gasteiger partial charge is 0.322 e. The predicted molar refractivity (Wildman–Crippen MR) is 118 cm³/mol. The molecule has 1 fully saturated rings. The largest absolute Gasteiger partial charge is 0.334 e. The first-order valence-corrected chi connectivity index (χ1v) is 10.2. The molecule has 0 aliphatic carbocycles. The van der Waals surface area contributed by atoms with Crippen molar-refractivity contribution in [3.63, 3.8) is 0 Å². The molecule has 2 atom stereocenters. The van der Waals surface area contributed by atoms with Gasteiger partial charge in [0.25, 0.3) is 5.91 Å². The van der Waals surface area contributed by atoms with E-state index in [-0.39, 0.29) is 24.4 Å². The number of benzene rings is 3. The predicted octanol–water partition coefficient (Wildman–Crippen LogP) is 3.59. The Bertz CT molecular complexity index is 1230. The number of hydrogen-bond acceptors (Lipinski definition) is 3. The SMILES string of the molecule is CC(NC(=O)NCc1cccc(C2(C)NC(=O)NC2=O)c1)c1ccc(F)c2ccccc12. The number of halogens is 1. The van der Waals surface area contributed by atoms with E-state index < -0.39 is 17.5 Å². The van der Waals surface area contributed by atoms with E-state index in [1.54, 1.807) is 43.3 Å². The third kappa shape index (κ3) is 3.99. The molecule has 0 radical (unpaired) electrons. The van der Waals surface area contributed by atoms with Crippen molar-refractivity contribution in [1.82, 2.24) is 21.3 Å². The zero-order valence-corrected chi connectivity index (χ0v) is 17.7. The molecular formula is C24H23FN4O3. The van der Waals surface area contributed by atoms with Crippen molar-refractivity contribution >= 4 is 28.7 Å². The fourth-order valence-corrected chi connectivity index (χ4v) is 3.91. The Balaban J connectivity index is 1.42. The third-order valence-corrected chi connectivity index (χ3v) is 5.72. The van der Waals surface area contributed by atoms with Crippen LogP contribution in [0.5, 0.6) is 0 Å². The Morgan fingerprint density at radius 1 is 1.06 bits per heavy atom. The molecule has 4 N–H and O–H groups in total. The van der Waals surface area contributed by atoms with E-state index in [4.69, 9.17) is 0 Å². The summed E-state index contributed by atoms with van der Waals surface area (Å²) in [6, 6.07) is 16.0. The van der Waals surface area contributed by atoms with Crippen molar-refractivity contribution in [2.24, 2.45) is 0 Å². The number of carbonyl (C=O) groups excluding carboxylic acids is 3. The van der Waals surface area contributed by atoms with Gasteiger partial charge in [-0.1, -0.05) is 54.6 Å². The average molecular weight is 434 g/mol. The van der Waals surface area contributed by atoms with Gasteiger partial charge in [0, 0.05) is 11.9 Å². The van der Waals surface area contributed by atoms with Crippen LogP contribution < -0.4 is 21.3 Å². The van der Waals surface area contributed by atoms with Gasteiger partial charge >= 0.3 is 12.1 Å². The highest BCUT2D eigenvalue weighted by atomic mass is 19.1. The zero-order valence-electron chi connectivity index (χ0n) is 17.7. The summed E-state index contributed by atoms with van der Waals surface area (Å²) in [5.74, 6) is -0.729. The van der Waals surface area contributed by atoms with Gasteiger partial charge in [0.15, 0.2) is 0 Å². The first-order chi connectivity index (χ1) is 15.3. The van der Waals surface area contributed by atoms with Crippen molar-refractivity contribution in [3.05, 3.63) is 83.2 Å². The van der Waals surface area contributed by atoms with Crippen LogP contribution in [0.25, 0.3) is 10.8 Å². The monoisotopic (exact) mass is 434 g/mol. The lowest BCUT2D eigenvalue weighted by molar-refractivity contribution is -0.123. The molecule has 1 aliphatic rings. The maximum absolute atomic E-state index is 14.1. The fourth-order valence-electron chi connectivity index (χ4n) is 3.91. The summed E-state index contributed by atoms with van der Waals surface area (Å²) in [5.41, 5.74) is 1.04. The highest BCUT2D eigenvalue weighted by molar-refractivity contribution is 6.07. The second kappa shape index (κ2) is 8.30. The Morgan fingerprint density at radius 2 is 1.81 bits per heavy atom. The summed E-state index contributed by atoms with van der Waals surface area (Å²) in [6.07, 6.45) is 0. The van der Waals surface area contributed by atoms with Crippen LogP contribution in [0, 0.1) is 5.82 Å². The molecule has 1 heterocycles. The van der Waals surface area contributed by atoms with Crippen molar-refractivity contribution in [1.29, 1.82) is 0 Å². The molecule has 1 aliphatic heterocycles. The van der Waals surface area contributed by atoms with Crippen LogP contribution in [-0.4, -0.2) is 18.0 Å². The van der Waals surface area contributed by atoms with E-state index in [0.717, 1.165) is 16.5 Å². The van der Waals surface area contributed by atoms with E-state index >= 15 is 0 Å². The summed E-state index contributed by atoms with van der Waals surface area (Å²) in [7, 11) is 0. The van der Waals surface area contributed by atoms with Crippen LogP contribution in [0.15, 0.2) is 60.7 Å². The van der Waals surface area contributed by atoms with Crippen LogP contribution >= 0.6 is 0 Å². The lowest BCUT2D eigenvalue weighted by Gasteiger charge is -2.22. The second-order valence-corrected chi connectivity index (χ2v) is 7.96. The lowest BCUT2D eigenvalue weighted by Crippen LogP contribution is -2.40. The molecule has 4 rings (SSSR count). The molecule has 0 saturated carbocycles. The lowest BCUT2D eigenvalue weighted by atomic mass is 9.91. The van der Waals surface area contributed by atoms with Crippen LogP contribution in [0.2, 0.25) is 0 Å². The molecule has 7 nitrogen and oxygen atoms in total. The van der Waals surface area contributed by atoms with E-state index in [1.165, 1.54) is 6.07 Å². The van der Waals surface area contributed by atoms with Crippen LogP contribution in [0.4, 0.5) is 14.0 Å². The highest BCUT2D eigenvalue weighted by Gasteiger charge is 2.43. The maximum Gasteiger partial charge on any atom is 0.322 e. The Labute approximate surface area is 184 Å². The van der Waals surface area contributed by atoms with Gasteiger partial charge in [0.2, 0.25) is 0 Å². The molecule has 1 saturated heterocycles. The minimum Gasteiger partial charge on any atom is -0.334 e. The highest BCUT2D eigenvalue weighted by Crippen LogP contribution is 2.27. The minimum absolute atomic E-state index is 0.224. The van der Waals surface area contributed by atoms with Crippen LogP contribution in [0.3, 0.4) is 0 Å². The maximum atomic E-state index is 14.1. The van der Waals surface area contributed by atoms with Crippen molar-refractivity contribution < 1.29 is 18.8 Å². The van der Waals surface area contributed by atoms with Gasteiger partial charge in [-0.3, -0.25) is 10.1 Å². The molecular weight excluding hydrogens is 411 g/mol. The fraction of sp³-hybridized carbons (Fsp3) is 0.208. The van der Waals surface area contributed by atoms with Gasteiger partial charge in [0.1, 0.15) is 11.4 Å². The number of urea groups is 2. The third-order valence-electron chi connectivity index (χ3n) is 5.72. The molecule has 32 heavy (non-hydrogen) atoms. The number of amides is 5. The molecule has 164 valence electrons. The number of hydrogen-bond donors (Lipinski definition) is 4. The number of carbonyl (C=O) groups is 3. The zero-order chi connectivity index (χ0) is 22.9. The molecule has 3 aromatic rings. The van der Waals surface area contributed by atoms with Gasteiger partial charge in [-0.15, -0.1) is 0 Å². The number of imide groups is 1. The quantitative estimate of drug-likeness (QED) is 0.462. The van der Waals surface area contributed by atoms with Crippen LogP contribution in [-0.2, 0) is 16.9 Å². The van der Waals surface area contributed by atoms with Gasteiger partial charge in [-0.2, -0.15) is 0 Å². The summed E-state index contributed by atoms with van der Waals surface area (Å²) in [4.78, 5) is 36.2. The first-order valence-electron chi connectivity index (χ1n) is 10.2. The number of fused-ring (bicyclic) bond motifs is 1. The van der Waals surface area contributed by atoms with Gasteiger partial charge in [0.05, 0.1) is 6.04 Å². The van der Waals surface area contributed by atoms with E-state index in [1.807, 2.05) is 25.1 Å². The van der Waals surface area contributed by atoms with Crippen LogP contribution in [0.1, 0.15) is 36.6 Å². The van der Waals surface area contributed by atoms with Crippen molar-refractivity contribution in [3.8, 4) is 0 Å². The molecule has 3 aromatic carbocycles. The molecule has 2 unspecified atom stereocenters. The molecule has 8 heteroatoms. The summed E-state index contributed by atoms with van der Waals surface area (Å²) in [5, 5.41) is 11.8. The second-order valence-electron chi connectivity index (χ2n) is 7.96. The summed E-state index contributed by atoms with van der Waals surface area (Å²) >= 11 is 0. The van der Waals surface area contributed by atoms with Gasteiger partial charge in [-0.05, 0) is 42.0 Å². The van der Waals surface area contributed by atoms with Crippen molar-refractivity contribution in [2.75, 3.05) is 0 Å². The van der Waals surface area contributed by atoms with E-state index in [0.29, 0.717) is 10.9 Å². The van der Waals surface area contributed by atoms with Gasteiger partial charge in [-0.25, -0.2) is 14.0 Å². The molecule has 0 spiro atoms. The Hall–Kier alpha value is -3.94. The molecule has 0 aromatic heterocycles. The Morgan fingerprint density at radius 3 is 2.53 bits per heavy atom. The average Bonchev–Trinajstić information content (AvgIpc) is 3.05. The minimum atomic E-state index is -1.16. The standard InChI is InChI=1S/C24H23FN4O3/c1-14(17-10-11-20(25)19-9-4-3-8-18(17)19)27-22(31)26-13-15-6-5-7-16(12-15)24(2)21(30)28-23(32)29-24/h3-12,14H,13H2,1-2H3,(H2,26,27,31)(H2,28,29,30,32). The van der Waals surface area contributed by atoms with E-state index in [9.17, 15) is 18.8 Å². The van der Waals surface area contributed by atoms with Crippen molar-refractivity contribution in [2.45, 2.75) is 32.0 Å². The number of nitrogens with one attached hydrogen (secondary N) is 4. The summed E-state index contributed by atoms with van der Waals surface area (Å²) in [6.45, 7) is 3.69. The normalized spacial score (nSPS) is 18.7. The van der Waals surface area contributed by atoms with Gasteiger partial charge < -0.3 is 16.0 Å².